The third-order valence-electron chi connectivity index (χ3n) is 7.07. The lowest BCUT2D eigenvalue weighted by Crippen LogP contribution is -2.56. The maximum Gasteiger partial charge on any atom is 0.409 e. The molecule has 41 heavy (non-hydrogen) atoms. The first-order valence-corrected chi connectivity index (χ1v) is 13.8. The molecule has 0 spiro atoms. The quantitative estimate of drug-likeness (QED) is 0.414. The zero-order valence-electron chi connectivity index (χ0n) is 23.0. The van der Waals surface area contributed by atoms with Crippen molar-refractivity contribution in [2.24, 2.45) is 0 Å². The minimum Gasteiger partial charge on any atom is -0.481 e. The van der Waals surface area contributed by atoms with Crippen molar-refractivity contribution in [1.29, 1.82) is 0 Å². The molecule has 0 radical (unpaired) electrons. The van der Waals surface area contributed by atoms with Gasteiger partial charge in [-0.15, -0.1) is 0 Å². The number of nitrogens with zero attached hydrogens (tertiary/aromatic N) is 4. The highest BCUT2D eigenvalue weighted by Crippen LogP contribution is 2.28. The third kappa shape index (κ3) is 7.88. The smallest absolute Gasteiger partial charge is 0.409 e. The second-order valence-corrected chi connectivity index (χ2v) is 9.96. The standard InChI is InChI=1S/C29H35N5O7/c1-2-41-29(40)34-16-14-33(15-17-34)28(39)22(12-13-25(36)37)32-27(38)24-18-23(19-8-10-21(35)11-9-19)30-26(31-24)20-6-4-3-5-7-20/h3-8,18,21-22,35H,2,9-17H2,1H3,(H,32,38)(H,36,37)/t21?,22-/m0/s1. The zero-order chi connectivity index (χ0) is 29.4. The van der Waals surface area contributed by atoms with Gasteiger partial charge < -0.3 is 30.1 Å². The van der Waals surface area contributed by atoms with E-state index in [1.807, 2.05) is 36.4 Å². The molecule has 2 atom stereocenters. The largest absolute Gasteiger partial charge is 0.481 e. The van der Waals surface area contributed by atoms with Crippen LogP contribution in [0.4, 0.5) is 4.79 Å². The molecule has 12 nitrogen and oxygen atoms in total. The van der Waals surface area contributed by atoms with E-state index in [2.05, 4.69) is 15.3 Å². The summed E-state index contributed by atoms with van der Waals surface area (Å²) in [7, 11) is 0. The molecule has 1 aliphatic carbocycles. The number of aliphatic carboxylic acids is 1. The summed E-state index contributed by atoms with van der Waals surface area (Å²) in [6.07, 6.45) is 2.25. The first-order chi connectivity index (χ1) is 19.7. The monoisotopic (exact) mass is 565 g/mol. The molecule has 1 aromatic heterocycles. The first kappa shape index (κ1) is 29.7. The lowest BCUT2D eigenvalue weighted by atomic mass is 9.94. The molecule has 2 aromatic rings. The first-order valence-electron chi connectivity index (χ1n) is 13.8. The van der Waals surface area contributed by atoms with Crippen LogP contribution in [0.2, 0.25) is 0 Å². The number of amides is 3. The van der Waals surface area contributed by atoms with Gasteiger partial charge in [-0.05, 0) is 44.2 Å². The van der Waals surface area contributed by atoms with E-state index in [0.29, 0.717) is 36.3 Å². The molecule has 2 aliphatic rings. The van der Waals surface area contributed by atoms with Crippen LogP contribution >= 0.6 is 0 Å². The summed E-state index contributed by atoms with van der Waals surface area (Å²) in [5.41, 5.74) is 2.19. The SMILES string of the molecule is CCOC(=O)N1CCN(C(=O)[C@H](CCC(=O)O)NC(=O)c2cc(C3=CCC(O)CC3)nc(-c3ccccc3)n2)CC1. The summed E-state index contributed by atoms with van der Waals surface area (Å²) in [6, 6.07) is 9.65. The van der Waals surface area contributed by atoms with Crippen LogP contribution in [0.1, 0.15) is 55.2 Å². The predicted octanol–water partition coefficient (Wildman–Crippen LogP) is 2.34. The Morgan fingerprint density at radius 1 is 1.07 bits per heavy atom. The van der Waals surface area contributed by atoms with Crippen molar-refractivity contribution in [3.8, 4) is 11.4 Å². The molecular formula is C29H35N5O7. The van der Waals surface area contributed by atoms with Crippen LogP contribution in [-0.2, 0) is 14.3 Å². The van der Waals surface area contributed by atoms with Crippen LogP contribution in [0.3, 0.4) is 0 Å². The molecule has 1 saturated heterocycles. The number of carboxylic acids is 1. The van der Waals surface area contributed by atoms with Gasteiger partial charge in [0.2, 0.25) is 5.91 Å². The molecule has 2 heterocycles. The van der Waals surface area contributed by atoms with Crippen molar-refractivity contribution in [1.82, 2.24) is 25.1 Å². The second-order valence-electron chi connectivity index (χ2n) is 9.96. The highest BCUT2D eigenvalue weighted by molar-refractivity contribution is 5.97. The highest BCUT2D eigenvalue weighted by atomic mass is 16.6. The number of aliphatic hydroxyl groups excluding tert-OH is 1. The summed E-state index contributed by atoms with van der Waals surface area (Å²) < 4.78 is 5.02. The Hall–Kier alpha value is -4.32. The molecule has 0 bridgehead atoms. The Morgan fingerprint density at radius 3 is 2.41 bits per heavy atom. The van der Waals surface area contributed by atoms with E-state index in [0.717, 1.165) is 5.57 Å². The highest BCUT2D eigenvalue weighted by Gasteiger charge is 2.31. The summed E-state index contributed by atoms with van der Waals surface area (Å²) in [6.45, 7) is 2.96. The van der Waals surface area contributed by atoms with E-state index in [9.17, 15) is 29.4 Å². The minimum atomic E-state index is -1.10. The predicted molar refractivity (Wildman–Crippen MR) is 149 cm³/mol. The van der Waals surface area contributed by atoms with Gasteiger partial charge in [0.05, 0.1) is 18.4 Å². The Labute approximate surface area is 238 Å². The Morgan fingerprint density at radius 2 is 1.78 bits per heavy atom. The number of aromatic nitrogens is 2. The van der Waals surface area contributed by atoms with Crippen molar-refractivity contribution in [3.63, 3.8) is 0 Å². The van der Waals surface area contributed by atoms with Gasteiger partial charge in [0, 0.05) is 38.2 Å². The molecule has 12 heteroatoms. The Kier molecular flexibility index (Phi) is 10.0. The molecule has 218 valence electrons. The van der Waals surface area contributed by atoms with Crippen LogP contribution in [0, 0.1) is 0 Å². The molecular weight excluding hydrogens is 530 g/mol. The lowest BCUT2D eigenvalue weighted by Gasteiger charge is -2.35. The molecule has 1 fully saturated rings. The van der Waals surface area contributed by atoms with Gasteiger partial charge in [0.15, 0.2) is 5.82 Å². The van der Waals surface area contributed by atoms with Gasteiger partial charge in [-0.2, -0.15) is 0 Å². The summed E-state index contributed by atoms with van der Waals surface area (Å²) in [5, 5.41) is 21.9. The molecule has 3 amide bonds. The number of carboxylic acid groups (broad SMARTS) is 1. The molecule has 1 aromatic carbocycles. The Balaban J connectivity index is 1.56. The van der Waals surface area contributed by atoms with Crippen LogP contribution in [0.5, 0.6) is 0 Å². The van der Waals surface area contributed by atoms with Crippen LogP contribution in [-0.4, -0.2) is 98.8 Å². The van der Waals surface area contributed by atoms with Gasteiger partial charge in [0.1, 0.15) is 11.7 Å². The van der Waals surface area contributed by atoms with E-state index in [1.165, 1.54) is 9.80 Å². The summed E-state index contributed by atoms with van der Waals surface area (Å²) >= 11 is 0. The number of ether oxygens (including phenoxy) is 1. The number of hydrogen-bond donors (Lipinski definition) is 3. The van der Waals surface area contributed by atoms with Gasteiger partial charge in [0.25, 0.3) is 5.91 Å². The van der Waals surface area contributed by atoms with Crippen molar-refractivity contribution < 1.29 is 34.1 Å². The molecule has 1 unspecified atom stereocenters. The van der Waals surface area contributed by atoms with E-state index in [1.54, 1.807) is 13.0 Å². The number of benzene rings is 1. The normalized spacial score (nSPS) is 17.8. The molecule has 1 aliphatic heterocycles. The fourth-order valence-electron chi connectivity index (χ4n) is 4.80. The number of hydrogen-bond acceptors (Lipinski definition) is 8. The van der Waals surface area contributed by atoms with Gasteiger partial charge in [-0.3, -0.25) is 14.4 Å². The fraction of sp³-hybridized carbons (Fsp3) is 0.448. The number of piperazine rings is 1. The zero-order valence-corrected chi connectivity index (χ0v) is 23.0. The van der Waals surface area contributed by atoms with Crippen molar-refractivity contribution in [2.45, 2.75) is 51.2 Å². The van der Waals surface area contributed by atoms with E-state index in [4.69, 9.17) is 4.74 Å². The van der Waals surface area contributed by atoms with Crippen molar-refractivity contribution >= 4 is 29.5 Å². The lowest BCUT2D eigenvalue weighted by molar-refractivity contribution is -0.138. The molecule has 0 saturated carbocycles. The van der Waals surface area contributed by atoms with Crippen LogP contribution in [0.15, 0.2) is 42.5 Å². The number of aliphatic hydroxyl groups is 1. The summed E-state index contributed by atoms with van der Waals surface area (Å²) in [4.78, 5) is 62.5. The van der Waals surface area contributed by atoms with Crippen LogP contribution < -0.4 is 5.32 Å². The number of allylic oxidation sites excluding steroid dienone is 1. The fourth-order valence-corrected chi connectivity index (χ4v) is 4.80. The van der Waals surface area contributed by atoms with Crippen LogP contribution in [0.25, 0.3) is 17.0 Å². The number of carbonyl (C=O) groups excluding carboxylic acids is 3. The van der Waals surface area contributed by atoms with Gasteiger partial charge >= 0.3 is 12.1 Å². The van der Waals surface area contributed by atoms with E-state index >= 15 is 0 Å². The topological polar surface area (TPSA) is 162 Å². The third-order valence-corrected chi connectivity index (χ3v) is 7.07. The minimum absolute atomic E-state index is 0.0427. The number of rotatable bonds is 9. The number of carbonyl (C=O) groups is 4. The summed E-state index contributed by atoms with van der Waals surface area (Å²) in [5.74, 6) is -1.81. The maximum atomic E-state index is 13.5. The average Bonchev–Trinajstić information content (AvgIpc) is 2.99. The van der Waals surface area contributed by atoms with Gasteiger partial charge in [-0.25, -0.2) is 14.8 Å². The molecule has 4 rings (SSSR count). The maximum absolute atomic E-state index is 13.5. The average molecular weight is 566 g/mol. The Bertz CT molecular complexity index is 1290. The van der Waals surface area contributed by atoms with Crippen molar-refractivity contribution in [3.05, 3.63) is 53.9 Å². The van der Waals surface area contributed by atoms with Gasteiger partial charge in [-0.1, -0.05) is 36.4 Å². The van der Waals surface area contributed by atoms with E-state index < -0.39 is 36.0 Å². The second kappa shape index (κ2) is 13.8. The molecule has 3 N–H and O–H groups in total. The van der Waals surface area contributed by atoms with E-state index in [-0.39, 0.29) is 51.3 Å². The van der Waals surface area contributed by atoms with Crippen molar-refractivity contribution in [2.75, 3.05) is 32.8 Å². The number of nitrogens with one attached hydrogen (secondary N) is 1.